The lowest BCUT2D eigenvalue weighted by Crippen LogP contribution is -2.40. The van der Waals surface area contributed by atoms with Crippen molar-refractivity contribution in [1.29, 1.82) is 0 Å². The number of allylic oxidation sites excluding steroid dienone is 2. The second-order valence-corrected chi connectivity index (χ2v) is 10.0. The molecule has 0 spiro atoms. The zero-order chi connectivity index (χ0) is 20.7. The first kappa shape index (κ1) is 19.9. The van der Waals surface area contributed by atoms with Crippen molar-refractivity contribution >= 4 is 0 Å². The summed E-state index contributed by atoms with van der Waals surface area (Å²) in [7, 11) is 0. The van der Waals surface area contributed by atoms with Gasteiger partial charge >= 0.3 is 0 Å². The van der Waals surface area contributed by atoms with Gasteiger partial charge in [-0.1, -0.05) is 61.9 Å². The van der Waals surface area contributed by atoms with E-state index in [1.807, 2.05) is 0 Å². The van der Waals surface area contributed by atoms with Crippen molar-refractivity contribution in [3.63, 3.8) is 0 Å². The van der Waals surface area contributed by atoms with E-state index in [1.54, 1.807) is 16.7 Å². The van der Waals surface area contributed by atoms with Gasteiger partial charge in [0, 0.05) is 0 Å². The highest BCUT2D eigenvalue weighted by molar-refractivity contribution is 5.47. The quantitative estimate of drug-likeness (QED) is 0.479. The molecule has 2 fully saturated rings. The Kier molecular flexibility index (Phi) is 5.25. The highest BCUT2D eigenvalue weighted by Gasteiger charge is 2.52. The standard InChI is InChI=1S/C29H36O/c1-4-21-17-26-22(18-28(21)30-19-20-9-7-6-8-10-20)11-13-25-24(26)15-16-29(3)23(5-2)12-14-27(25)29/h5-10,17-18,24-25,27H,4,11-16,19H2,1-3H3/t24-,25+,27-,29+/m0/s1. The maximum absolute atomic E-state index is 6.32. The molecule has 3 aliphatic carbocycles. The normalized spacial score (nSPS) is 31.2. The lowest BCUT2D eigenvalue weighted by Gasteiger charge is -2.49. The molecule has 0 saturated heterocycles. The maximum Gasteiger partial charge on any atom is 0.123 e. The van der Waals surface area contributed by atoms with Crippen LogP contribution in [0.5, 0.6) is 5.75 Å². The molecule has 0 bridgehead atoms. The van der Waals surface area contributed by atoms with Crippen LogP contribution in [0, 0.1) is 17.3 Å². The van der Waals surface area contributed by atoms with Crippen LogP contribution in [-0.2, 0) is 19.4 Å². The lowest BCUT2D eigenvalue weighted by molar-refractivity contribution is 0.0812. The van der Waals surface area contributed by atoms with Gasteiger partial charge in [0.2, 0.25) is 0 Å². The predicted molar refractivity (Wildman–Crippen MR) is 125 cm³/mol. The average Bonchev–Trinajstić information content (AvgIpc) is 3.13. The Labute approximate surface area is 182 Å². The molecular weight excluding hydrogens is 364 g/mol. The number of ether oxygens (including phenoxy) is 1. The van der Waals surface area contributed by atoms with Gasteiger partial charge in [-0.05, 0) is 103 Å². The van der Waals surface area contributed by atoms with Crippen LogP contribution in [0.1, 0.15) is 81.0 Å². The van der Waals surface area contributed by atoms with Gasteiger partial charge in [-0.3, -0.25) is 0 Å². The number of fused-ring (bicyclic) bond motifs is 5. The fourth-order valence-corrected chi connectivity index (χ4v) is 7.11. The van der Waals surface area contributed by atoms with E-state index in [1.165, 1.54) is 49.7 Å². The van der Waals surface area contributed by atoms with Crippen molar-refractivity contribution in [1.82, 2.24) is 0 Å². The van der Waals surface area contributed by atoms with Crippen LogP contribution in [-0.4, -0.2) is 0 Å². The molecule has 3 aliphatic rings. The molecule has 2 aromatic rings. The zero-order valence-corrected chi connectivity index (χ0v) is 18.9. The summed E-state index contributed by atoms with van der Waals surface area (Å²) in [5.41, 5.74) is 8.06. The molecule has 1 nitrogen and oxygen atoms in total. The van der Waals surface area contributed by atoms with Crippen LogP contribution >= 0.6 is 0 Å². The smallest absolute Gasteiger partial charge is 0.123 e. The summed E-state index contributed by atoms with van der Waals surface area (Å²) in [5, 5.41) is 0. The second-order valence-electron chi connectivity index (χ2n) is 10.0. The van der Waals surface area contributed by atoms with Crippen LogP contribution in [0.25, 0.3) is 0 Å². The van der Waals surface area contributed by atoms with Gasteiger partial charge in [0.05, 0.1) is 0 Å². The highest BCUT2D eigenvalue weighted by Crippen LogP contribution is 2.62. The van der Waals surface area contributed by atoms with E-state index in [0.29, 0.717) is 12.0 Å². The summed E-state index contributed by atoms with van der Waals surface area (Å²) in [6.45, 7) is 7.76. The molecule has 1 heteroatoms. The predicted octanol–water partition coefficient (Wildman–Crippen LogP) is 7.63. The van der Waals surface area contributed by atoms with Crippen molar-refractivity contribution in [3.05, 3.63) is 76.4 Å². The summed E-state index contributed by atoms with van der Waals surface area (Å²) in [6, 6.07) is 15.5. The van der Waals surface area contributed by atoms with Crippen molar-refractivity contribution in [2.45, 2.75) is 78.2 Å². The van der Waals surface area contributed by atoms with E-state index in [2.05, 4.69) is 69.3 Å². The number of rotatable bonds is 4. The summed E-state index contributed by atoms with van der Waals surface area (Å²) < 4.78 is 6.32. The van der Waals surface area contributed by atoms with Crippen LogP contribution in [0.3, 0.4) is 0 Å². The zero-order valence-electron chi connectivity index (χ0n) is 18.9. The molecule has 0 radical (unpaired) electrons. The van der Waals surface area contributed by atoms with Crippen molar-refractivity contribution < 1.29 is 4.74 Å². The third-order valence-electron chi connectivity index (χ3n) is 8.72. The Balaban J connectivity index is 1.42. The second kappa shape index (κ2) is 7.91. The first-order valence-electron chi connectivity index (χ1n) is 12.1. The monoisotopic (exact) mass is 400 g/mol. The van der Waals surface area contributed by atoms with Gasteiger partial charge in [0.15, 0.2) is 0 Å². The van der Waals surface area contributed by atoms with E-state index in [9.17, 15) is 0 Å². The van der Waals surface area contributed by atoms with Gasteiger partial charge in [-0.15, -0.1) is 0 Å². The Morgan fingerprint density at radius 1 is 1.07 bits per heavy atom. The minimum Gasteiger partial charge on any atom is -0.489 e. The molecule has 0 heterocycles. The maximum atomic E-state index is 6.32. The van der Waals surface area contributed by atoms with Gasteiger partial charge in [-0.25, -0.2) is 0 Å². The number of aryl methyl sites for hydroxylation is 2. The molecule has 0 aromatic heterocycles. The number of hydrogen-bond donors (Lipinski definition) is 0. The summed E-state index contributed by atoms with van der Waals surface area (Å²) >= 11 is 0. The van der Waals surface area contributed by atoms with E-state index in [0.717, 1.165) is 29.9 Å². The molecule has 0 N–H and O–H groups in total. The van der Waals surface area contributed by atoms with Crippen LogP contribution in [0.15, 0.2) is 54.1 Å². The van der Waals surface area contributed by atoms with Crippen molar-refractivity contribution in [2.75, 3.05) is 0 Å². The lowest BCUT2D eigenvalue weighted by atomic mass is 9.55. The molecule has 4 atom stereocenters. The minimum atomic E-state index is 0.472. The largest absolute Gasteiger partial charge is 0.489 e. The Morgan fingerprint density at radius 2 is 1.90 bits per heavy atom. The van der Waals surface area contributed by atoms with E-state index >= 15 is 0 Å². The highest BCUT2D eigenvalue weighted by atomic mass is 16.5. The minimum absolute atomic E-state index is 0.472. The van der Waals surface area contributed by atoms with Crippen LogP contribution < -0.4 is 4.74 Å². The van der Waals surface area contributed by atoms with Gasteiger partial charge < -0.3 is 4.74 Å². The van der Waals surface area contributed by atoms with E-state index in [4.69, 9.17) is 4.74 Å². The Morgan fingerprint density at radius 3 is 2.67 bits per heavy atom. The Bertz CT molecular complexity index is 940. The molecule has 5 rings (SSSR count). The molecule has 0 unspecified atom stereocenters. The number of benzene rings is 2. The SMILES string of the molecule is CC=C1CC[C@H]2[C@@H]3CCc4cc(OCc5ccccc5)c(CC)cc4[C@H]3CC[C@]12C. The third-order valence-corrected chi connectivity index (χ3v) is 8.72. The van der Waals surface area contributed by atoms with Crippen molar-refractivity contribution in [3.8, 4) is 5.75 Å². The molecule has 2 aromatic carbocycles. The summed E-state index contributed by atoms with van der Waals surface area (Å²) in [4.78, 5) is 0. The fraction of sp³-hybridized carbons (Fsp3) is 0.517. The first-order valence-corrected chi connectivity index (χ1v) is 12.1. The van der Waals surface area contributed by atoms with E-state index in [-0.39, 0.29) is 0 Å². The van der Waals surface area contributed by atoms with Crippen LogP contribution in [0.2, 0.25) is 0 Å². The van der Waals surface area contributed by atoms with Crippen molar-refractivity contribution in [2.24, 2.45) is 17.3 Å². The van der Waals surface area contributed by atoms with E-state index < -0.39 is 0 Å². The molecular formula is C29H36O. The first-order chi connectivity index (χ1) is 14.6. The van der Waals surface area contributed by atoms with Gasteiger partial charge in [-0.2, -0.15) is 0 Å². The molecule has 0 aliphatic heterocycles. The molecule has 158 valence electrons. The fourth-order valence-electron chi connectivity index (χ4n) is 7.11. The Hall–Kier alpha value is -2.02. The number of hydrogen-bond acceptors (Lipinski definition) is 1. The van der Waals surface area contributed by atoms with Crippen LogP contribution in [0.4, 0.5) is 0 Å². The molecule has 2 saturated carbocycles. The molecule has 30 heavy (non-hydrogen) atoms. The summed E-state index contributed by atoms with van der Waals surface area (Å²) in [6.07, 6.45) is 11.5. The van der Waals surface area contributed by atoms with Gasteiger partial charge in [0.1, 0.15) is 12.4 Å². The summed E-state index contributed by atoms with van der Waals surface area (Å²) in [5.74, 6) is 3.62. The van der Waals surface area contributed by atoms with Gasteiger partial charge in [0.25, 0.3) is 0 Å². The molecule has 0 amide bonds. The topological polar surface area (TPSA) is 9.23 Å². The third kappa shape index (κ3) is 3.22. The average molecular weight is 401 g/mol.